The third-order valence-electron chi connectivity index (χ3n) is 1.15. The number of ketones is 1. The highest BCUT2D eigenvalue weighted by atomic mass is 16.5. The first-order valence-electron chi connectivity index (χ1n) is 3.82. The van der Waals surface area contributed by atoms with Crippen molar-refractivity contribution in [3.8, 4) is 0 Å². The zero-order valence-corrected chi connectivity index (χ0v) is 7.05. The number of esters is 1. The number of hydrogen-bond donors (Lipinski definition) is 0. The molecule has 3 nitrogen and oxygen atoms in total. The molecule has 0 radical (unpaired) electrons. The molecule has 0 fully saturated rings. The summed E-state index contributed by atoms with van der Waals surface area (Å²) in [5.41, 5.74) is 0. The van der Waals surface area contributed by atoms with Gasteiger partial charge in [-0.2, -0.15) is 0 Å². The smallest absolute Gasteiger partial charge is 0.306 e. The molecule has 0 saturated heterocycles. The summed E-state index contributed by atoms with van der Waals surface area (Å²) in [5.74, 6) is -0.250. The summed E-state index contributed by atoms with van der Waals surface area (Å²) in [6.07, 6.45) is 1.34. The molecule has 0 aromatic heterocycles. The zero-order chi connectivity index (χ0) is 8.69. The zero-order valence-electron chi connectivity index (χ0n) is 7.05. The Morgan fingerprint density at radius 3 is 2.36 bits per heavy atom. The van der Waals surface area contributed by atoms with Crippen LogP contribution in [0.3, 0.4) is 0 Å². The molecule has 0 heterocycles. The van der Waals surface area contributed by atoms with Crippen molar-refractivity contribution in [1.29, 1.82) is 0 Å². The molecule has 0 spiro atoms. The third-order valence-corrected chi connectivity index (χ3v) is 1.15. The summed E-state index contributed by atoms with van der Waals surface area (Å²) in [5, 5.41) is 0. The summed E-state index contributed by atoms with van der Waals surface area (Å²) in [6, 6.07) is 0. The normalized spacial score (nSPS) is 9.27. The summed E-state index contributed by atoms with van der Waals surface area (Å²) in [4.78, 5) is 21.1. The quantitative estimate of drug-likeness (QED) is 0.566. The number of carbonyl (C=O) groups excluding carboxylic acids is 2. The van der Waals surface area contributed by atoms with Crippen LogP contribution in [-0.4, -0.2) is 18.4 Å². The summed E-state index contributed by atoms with van der Waals surface area (Å²) >= 11 is 0. The average Bonchev–Trinajstić information content (AvgIpc) is 1.97. The highest BCUT2D eigenvalue weighted by Gasteiger charge is 2.02. The van der Waals surface area contributed by atoms with E-state index in [4.69, 9.17) is 4.74 Å². The van der Waals surface area contributed by atoms with Crippen molar-refractivity contribution in [3.63, 3.8) is 0 Å². The lowest BCUT2D eigenvalue weighted by Crippen LogP contribution is -2.06. The average molecular weight is 158 g/mol. The molecule has 0 N–H and O–H groups in total. The van der Waals surface area contributed by atoms with Gasteiger partial charge in [-0.1, -0.05) is 6.92 Å². The fourth-order valence-electron chi connectivity index (χ4n) is 0.566. The van der Waals surface area contributed by atoms with Crippen LogP contribution in [0.25, 0.3) is 0 Å². The molecule has 0 aromatic carbocycles. The van der Waals surface area contributed by atoms with Gasteiger partial charge in [-0.15, -0.1) is 0 Å². The minimum absolute atomic E-state index is 0.0263. The molecule has 0 aliphatic carbocycles. The third kappa shape index (κ3) is 7.03. The van der Waals surface area contributed by atoms with Gasteiger partial charge in [-0.25, -0.2) is 0 Å². The maximum absolute atomic E-state index is 10.7. The Bertz CT molecular complexity index is 140. The molecule has 3 heteroatoms. The molecule has 64 valence electrons. The molecule has 0 atom stereocenters. The van der Waals surface area contributed by atoms with Crippen LogP contribution in [0.2, 0.25) is 0 Å². The van der Waals surface area contributed by atoms with E-state index in [1.165, 1.54) is 6.92 Å². The van der Waals surface area contributed by atoms with E-state index >= 15 is 0 Å². The van der Waals surface area contributed by atoms with Gasteiger partial charge in [0, 0.05) is 6.42 Å². The van der Waals surface area contributed by atoms with Crippen LogP contribution in [0.5, 0.6) is 0 Å². The van der Waals surface area contributed by atoms with E-state index in [9.17, 15) is 9.59 Å². The predicted octanol–water partition coefficient (Wildman–Crippen LogP) is 1.31. The highest BCUT2D eigenvalue weighted by molar-refractivity contribution is 5.80. The second kappa shape index (κ2) is 5.89. The second-order valence-electron chi connectivity index (χ2n) is 2.42. The van der Waals surface area contributed by atoms with Gasteiger partial charge in [0.05, 0.1) is 13.0 Å². The minimum Gasteiger partial charge on any atom is -0.466 e. The van der Waals surface area contributed by atoms with Crippen LogP contribution >= 0.6 is 0 Å². The monoisotopic (exact) mass is 158 g/mol. The largest absolute Gasteiger partial charge is 0.466 e. The van der Waals surface area contributed by atoms with Gasteiger partial charge in [-0.3, -0.25) is 4.79 Å². The van der Waals surface area contributed by atoms with Crippen molar-refractivity contribution in [2.45, 2.75) is 33.1 Å². The second-order valence-corrected chi connectivity index (χ2v) is 2.42. The molecule has 0 aliphatic heterocycles. The number of ether oxygens (including phenoxy) is 1. The highest BCUT2D eigenvalue weighted by Crippen LogP contribution is 1.94. The van der Waals surface area contributed by atoms with Gasteiger partial charge < -0.3 is 9.53 Å². The van der Waals surface area contributed by atoms with Crippen LogP contribution in [0.15, 0.2) is 0 Å². The first-order valence-corrected chi connectivity index (χ1v) is 3.82. The van der Waals surface area contributed by atoms with Gasteiger partial charge in [0.15, 0.2) is 0 Å². The minimum atomic E-state index is -0.276. The van der Waals surface area contributed by atoms with Crippen LogP contribution in [0, 0.1) is 0 Å². The van der Waals surface area contributed by atoms with E-state index in [1.807, 2.05) is 6.92 Å². The van der Waals surface area contributed by atoms with E-state index < -0.39 is 0 Å². The van der Waals surface area contributed by atoms with Gasteiger partial charge in [-0.05, 0) is 13.3 Å². The van der Waals surface area contributed by atoms with E-state index in [2.05, 4.69) is 0 Å². The summed E-state index contributed by atoms with van der Waals surface area (Å²) in [6.45, 7) is 3.85. The van der Waals surface area contributed by atoms with Gasteiger partial charge in [0.1, 0.15) is 5.78 Å². The first kappa shape index (κ1) is 10.1. The maximum atomic E-state index is 10.7. The van der Waals surface area contributed by atoms with Gasteiger partial charge in [0.25, 0.3) is 0 Å². The van der Waals surface area contributed by atoms with E-state index in [1.54, 1.807) is 0 Å². The van der Waals surface area contributed by atoms with Crippen LogP contribution in [-0.2, 0) is 14.3 Å². The Labute approximate surface area is 66.7 Å². The Balaban J connectivity index is 3.30. The van der Waals surface area contributed by atoms with Crippen molar-refractivity contribution in [1.82, 2.24) is 0 Å². The van der Waals surface area contributed by atoms with Crippen LogP contribution < -0.4 is 0 Å². The molecule has 0 rings (SSSR count). The molecular formula is C8H14O3. The Kier molecular flexibility index (Phi) is 5.43. The predicted molar refractivity (Wildman–Crippen MR) is 41.2 cm³/mol. The van der Waals surface area contributed by atoms with Crippen molar-refractivity contribution >= 4 is 11.8 Å². The molecule has 11 heavy (non-hydrogen) atoms. The Hall–Kier alpha value is -0.860. The fourth-order valence-corrected chi connectivity index (χ4v) is 0.566. The lowest BCUT2D eigenvalue weighted by molar-refractivity contribution is -0.144. The van der Waals surface area contributed by atoms with E-state index in [0.717, 1.165) is 6.42 Å². The van der Waals surface area contributed by atoms with Crippen molar-refractivity contribution in [2.75, 3.05) is 6.61 Å². The van der Waals surface area contributed by atoms with E-state index in [0.29, 0.717) is 13.0 Å². The summed E-state index contributed by atoms with van der Waals surface area (Å²) < 4.78 is 4.75. The molecule has 0 aliphatic rings. The summed E-state index contributed by atoms with van der Waals surface area (Å²) in [7, 11) is 0. The van der Waals surface area contributed by atoms with Crippen LogP contribution in [0.4, 0.5) is 0 Å². The van der Waals surface area contributed by atoms with E-state index in [-0.39, 0.29) is 18.2 Å². The lowest BCUT2D eigenvalue weighted by Gasteiger charge is -2.00. The molecular weight excluding hydrogens is 144 g/mol. The van der Waals surface area contributed by atoms with Crippen molar-refractivity contribution in [3.05, 3.63) is 0 Å². The standard InChI is InChI=1S/C8H14O3/c1-3-6-11-8(10)5-4-7(2)9/h3-6H2,1-2H3. The SMILES string of the molecule is CCCOC(=O)CCC(C)=O. The van der Waals surface area contributed by atoms with Crippen LogP contribution in [0.1, 0.15) is 33.1 Å². The molecule has 0 saturated carbocycles. The van der Waals surface area contributed by atoms with Gasteiger partial charge in [0.2, 0.25) is 0 Å². The molecule has 0 aromatic rings. The van der Waals surface area contributed by atoms with Crippen molar-refractivity contribution in [2.24, 2.45) is 0 Å². The first-order chi connectivity index (χ1) is 5.16. The molecule has 0 amide bonds. The number of carbonyl (C=O) groups is 2. The molecule has 0 bridgehead atoms. The molecule has 0 unspecified atom stereocenters. The number of rotatable bonds is 5. The topological polar surface area (TPSA) is 43.4 Å². The van der Waals surface area contributed by atoms with Gasteiger partial charge >= 0.3 is 5.97 Å². The fraction of sp³-hybridized carbons (Fsp3) is 0.750. The maximum Gasteiger partial charge on any atom is 0.306 e. The number of hydrogen-bond acceptors (Lipinski definition) is 3. The van der Waals surface area contributed by atoms with Crippen molar-refractivity contribution < 1.29 is 14.3 Å². The lowest BCUT2D eigenvalue weighted by atomic mass is 10.2. The number of Topliss-reactive ketones (excluding diaryl/α,β-unsaturated/α-hetero) is 1. The Morgan fingerprint density at radius 2 is 1.91 bits per heavy atom. The Morgan fingerprint density at radius 1 is 1.27 bits per heavy atom.